The van der Waals surface area contributed by atoms with E-state index >= 15 is 0 Å². The highest BCUT2D eigenvalue weighted by Gasteiger charge is 2.20. The van der Waals surface area contributed by atoms with Crippen LogP contribution in [0.15, 0.2) is 29.3 Å². The number of likely N-dealkylation sites (N-methyl/N-ethyl adjacent to an activating group) is 1. The van der Waals surface area contributed by atoms with Crippen molar-refractivity contribution < 1.29 is 4.42 Å². The van der Waals surface area contributed by atoms with Gasteiger partial charge in [0.05, 0.1) is 24.3 Å². The lowest BCUT2D eigenvalue weighted by atomic mass is 10.1. The summed E-state index contributed by atoms with van der Waals surface area (Å²) >= 11 is 0. The molecule has 0 spiro atoms. The molecule has 0 aliphatic carbocycles. The number of aromatic nitrogens is 2. The summed E-state index contributed by atoms with van der Waals surface area (Å²) < 4.78 is 7.47. The molecule has 5 heteroatoms. The van der Waals surface area contributed by atoms with Crippen LogP contribution in [0.5, 0.6) is 0 Å². The Hall–Kier alpha value is -1.59. The van der Waals surface area contributed by atoms with Gasteiger partial charge in [0, 0.05) is 31.4 Å². The van der Waals surface area contributed by atoms with Gasteiger partial charge in [-0.15, -0.1) is 0 Å². The molecular weight excluding hydrogens is 240 g/mol. The highest BCUT2D eigenvalue weighted by Crippen LogP contribution is 2.21. The van der Waals surface area contributed by atoms with Gasteiger partial charge in [0.1, 0.15) is 5.76 Å². The number of hydrogen-bond acceptors (Lipinski definition) is 4. The highest BCUT2D eigenvalue weighted by molar-refractivity contribution is 5.16. The fourth-order valence-electron chi connectivity index (χ4n) is 2.35. The van der Waals surface area contributed by atoms with Crippen LogP contribution in [-0.4, -0.2) is 28.0 Å². The molecular formula is C14H22N4O. The van der Waals surface area contributed by atoms with E-state index in [1.165, 1.54) is 5.56 Å². The quantitative estimate of drug-likeness (QED) is 0.864. The zero-order valence-corrected chi connectivity index (χ0v) is 11.8. The maximum atomic E-state index is 5.95. The number of hydrogen-bond donors (Lipinski definition) is 1. The van der Waals surface area contributed by atoms with Gasteiger partial charge in [-0.3, -0.25) is 4.90 Å². The van der Waals surface area contributed by atoms with E-state index in [1.807, 2.05) is 25.5 Å². The van der Waals surface area contributed by atoms with Gasteiger partial charge >= 0.3 is 0 Å². The molecule has 1 unspecified atom stereocenters. The van der Waals surface area contributed by atoms with E-state index < -0.39 is 0 Å². The minimum atomic E-state index is 0.164. The van der Waals surface area contributed by atoms with Gasteiger partial charge in [0.2, 0.25) is 0 Å². The smallest absolute Gasteiger partial charge is 0.105 e. The molecule has 0 aliphatic rings. The van der Waals surface area contributed by atoms with Crippen molar-refractivity contribution in [3.8, 4) is 0 Å². The Balaban J connectivity index is 2.15. The van der Waals surface area contributed by atoms with Crippen LogP contribution < -0.4 is 5.73 Å². The first-order valence-electron chi connectivity index (χ1n) is 6.60. The van der Waals surface area contributed by atoms with Gasteiger partial charge < -0.3 is 14.7 Å². The lowest BCUT2D eigenvalue weighted by Gasteiger charge is -2.27. The van der Waals surface area contributed by atoms with E-state index in [0.29, 0.717) is 6.54 Å². The van der Waals surface area contributed by atoms with Gasteiger partial charge in [-0.2, -0.15) is 0 Å². The molecule has 0 aliphatic heterocycles. The monoisotopic (exact) mass is 262 g/mol. The normalized spacial score (nSPS) is 13.1. The second-order valence-corrected chi connectivity index (χ2v) is 4.77. The van der Waals surface area contributed by atoms with Crippen molar-refractivity contribution in [3.63, 3.8) is 0 Å². The standard InChI is InChI=1S/C14H22N4O/c1-4-18-10-16-8-14(18)13(7-15)17(3)9-12-5-6-19-11(12)2/h5-6,8,10,13H,4,7,9,15H2,1-3H3. The Morgan fingerprint density at radius 3 is 2.89 bits per heavy atom. The first-order chi connectivity index (χ1) is 9.17. The predicted octanol–water partition coefficient (Wildman–Crippen LogP) is 1.94. The van der Waals surface area contributed by atoms with Crippen LogP contribution in [0, 0.1) is 6.92 Å². The average molecular weight is 262 g/mol. The highest BCUT2D eigenvalue weighted by atomic mass is 16.3. The number of nitrogens with zero attached hydrogens (tertiary/aromatic N) is 3. The van der Waals surface area contributed by atoms with Crippen molar-refractivity contribution in [2.75, 3.05) is 13.6 Å². The third kappa shape index (κ3) is 2.88. The number of imidazole rings is 1. The van der Waals surface area contributed by atoms with E-state index in [-0.39, 0.29) is 6.04 Å². The lowest BCUT2D eigenvalue weighted by Crippen LogP contribution is -2.31. The summed E-state index contributed by atoms with van der Waals surface area (Å²) in [5.41, 5.74) is 8.31. The van der Waals surface area contributed by atoms with Gasteiger partial charge in [-0.1, -0.05) is 0 Å². The van der Waals surface area contributed by atoms with Crippen LogP contribution in [0.2, 0.25) is 0 Å². The first-order valence-corrected chi connectivity index (χ1v) is 6.60. The van der Waals surface area contributed by atoms with Crippen LogP contribution in [0.4, 0.5) is 0 Å². The summed E-state index contributed by atoms with van der Waals surface area (Å²) in [5.74, 6) is 0.964. The van der Waals surface area contributed by atoms with Crippen LogP contribution >= 0.6 is 0 Å². The number of furan rings is 1. The Bertz CT molecular complexity index is 517. The number of rotatable bonds is 6. The second-order valence-electron chi connectivity index (χ2n) is 4.77. The second kappa shape index (κ2) is 6.04. The fourth-order valence-corrected chi connectivity index (χ4v) is 2.35. The number of nitrogens with two attached hydrogens (primary N) is 1. The zero-order valence-electron chi connectivity index (χ0n) is 11.8. The average Bonchev–Trinajstić information content (AvgIpc) is 3.00. The summed E-state index contributed by atoms with van der Waals surface area (Å²) in [6.45, 7) is 6.39. The number of aryl methyl sites for hydroxylation is 2. The Morgan fingerprint density at radius 2 is 2.32 bits per heavy atom. The molecule has 2 aromatic rings. The molecule has 19 heavy (non-hydrogen) atoms. The van der Waals surface area contributed by atoms with Gasteiger partial charge in [-0.25, -0.2) is 4.98 Å². The van der Waals surface area contributed by atoms with E-state index in [0.717, 1.165) is 24.5 Å². The maximum Gasteiger partial charge on any atom is 0.105 e. The summed E-state index contributed by atoms with van der Waals surface area (Å²) in [5, 5.41) is 0. The molecule has 0 saturated heterocycles. The SMILES string of the molecule is CCn1cncc1C(CN)N(C)Cc1ccoc1C. The molecule has 0 radical (unpaired) electrons. The summed E-state index contributed by atoms with van der Waals surface area (Å²) in [6.07, 6.45) is 5.49. The van der Waals surface area contributed by atoms with Crippen LogP contribution in [0.3, 0.4) is 0 Å². The van der Waals surface area contributed by atoms with Crippen LogP contribution in [-0.2, 0) is 13.1 Å². The van der Waals surface area contributed by atoms with Crippen molar-refractivity contribution in [3.05, 3.63) is 41.9 Å². The Labute approximate surface area is 114 Å². The van der Waals surface area contributed by atoms with E-state index in [2.05, 4.69) is 28.4 Å². The minimum absolute atomic E-state index is 0.164. The third-order valence-corrected chi connectivity index (χ3v) is 3.57. The third-order valence-electron chi connectivity index (χ3n) is 3.57. The molecule has 1 atom stereocenters. The molecule has 0 aromatic carbocycles. The molecule has 5 nitrogen and oxygen atoms in total. The van der Waals surface area contributed by atoms with Crippen molar-refractivity contribution in [2.24, 2.45) is 5.73 Å². The van der Waals surface area contributed by atoms with Gasteiger partial charge in [-0.05, 0) is 27.0 Å². The Kier molecular flexibility index (Phi) is 4.39. The van der Waals surface area contributed by atoms with Crippen LogP contribution in [0.1, 0.15) is 30.0 Å². The Morgan fingerprint density at radius 1 is 1.53 bits per heavy atom. The summed E-state index contributed by atoms with van der Waals surface area (Å²) in [7, 11) is 2.08. The molecule has 104 valence electrons. The summed E-state index contributed by atoms with van der Waals surface area (Å²) in [4.78, 5) is 6.46. The summed E-state index contributed by atoms with van der Waals surface area (Å²) in [6, 6.07) is 2.17. The van der Waals surface area contributed by atoms with Crippen molar-refractivity contribution >= 4 is 0 Å². The molecule has 2 rings (SSSR count). The molecule has 0 fully saturated rings. The molecule has 0 saturated carbocycles. The fraction of sp³-hybridized carbons (Fsp3) is 0.500. The molecule has 2 aromatic heterocycles. The van der Waals surface area contributed by atoms with Crippen molar-refractivity contribution in [2.45, 2.75) is 33.0 Å². The topological polar surface area (TPSA) is 60.2 Å². The van der Waals surface area contributed by atoms with Gasteiger partial charge in [0.15, 0.2) is 0 Å². The minimum Gasteiger partial charge on any atom is -0.469 e. The molecule has 0 amide bonds. The lowest BCUT2D eigenvalue weighted by molar-refractivity contribution is 0.231. The van der Waals surface area contributed by atoms with E-state index in [9.17, 15) is 0 Å². The maximum absolute atomic E-state index is 5.95. The van der Waals surface area contributed by atoms with Crippen molar-refractivity contribution in [1.82, 2.24) is 14.5 Å². The predicted molar refractivity (Wildman–Crippen MR) is 74.6 cm³/mol. The molecule has 0 bridgehead atoms. The van der Waals surface area contributed by atoms with Crippen molar-refractivity contribution in [1.29, 1.82) is 0 Å². The van der Waals surface area contributed by atoms with E-state index in [4.69, 9.17) is 10.2 Å². The first kappa shape index (κ1) is 13.8. The zero-order chi connectivity index (χ0) is 13.8. The van der Waals surface area contributed by atoms with E-state index in [1.54, 1.807) is 6.26 Å². The largest absolute Gasteiger partial charge is 0.469 e. The van der Waals surface area contributed by atoms with Gasteiger partial charge in [0.25, 0.3) is 0 Å². The van der Waals surface area contributed by atoms with Crippen LogP contribution in [0.25, 0.3) is 0 Å². The molecule has 2 N–H and O–H groups in total. The molecule has 2 heterocycles.